The van der Waals surface area contributed by atoms with E-state index < -0.39 is 17.7 Å². The molecule has 4 aromatic heterocycles. The molecule has 0 aliphatic carbocycles. The molecule has 1 aliphatic heterocycles. The van der Waals surface area contributed by atoms with Gasteiger partial charge in [0.2, 0.25) is 5.95 Å². The summed E-state index contributed by atoms with van der Waals surface area (Å²) in [6.07, 6.45) is 3.51. The number of amides is 1. The van der Waals surface area contributed by atoms with Gasteiger partial charge in [-0.05, 0) is 63.1 Å². The lowest BCUT2D eigenvalue weighted by Crippen LogP contribution is -2.48. The van der Waals surface area contributed by atoms with Crippen molar-refractivity contribution in [2.45, 2.75) is 51.1 Å². The average Bonchev–Trinajstić information content (AvgIpc) is 3.77. The van der Waals surface area contributed by atoms with E-state index in [4.69, 9.17) is 0 Å². The van der Waals surface area contributed by atoms with Crippen LogP contribution in [0.1, 0.15) is 49.5 Å². The topological polar surface area (TPSA) is 131 Å². The van der Waals surface area contributed by atoms with Crippen molar-refractivity contribution in [1.29, 1.82) is 5.26 Å². The lowest BCUT2D eigenvalue weighted by molar-refractivity contribution is -0.274. The lowest BCUT2D eigenvalue weighted by atomic mass is 9.84. The van der Waals surface area contributed by atoms with E-state index in [1.807, 2.05) is 49.1 Å². The molecule has 0 spiro atoms. The van der Waals surface area contributed by atoms with Crippen LogP contribution >= 0.6 is 0 Å². The zero-order valence-electron chi connectivity index (χ0n) is 24.4. The van der Waals surface area contributed by atoms with Gasteiger partial charge >= 0.3 is 6.36 Å². The highest BCUT2D eigenvalue weighted by atomic mass is 19.4. The number of nitrogens with one attached hydrogen (secondary N) is 1. The number of alkyl halides is 3. The number of nitrogens with zero attached hydrogens (tertiary/aromatic N) is 9. The minimum Gasteiger partial charge on any atom is -0.406 e. The van der Waals surface area contributed by atoms with Gasteiger partial charge in [-0.2, -0.15) is 20.4 Å². The number of ether oxygens (including phenoxy) is 1. The van der Waals surface area contributed by atoms with Gasteiger partial charge in [0.05, 0.1) is 41.8 Å². The molecule has 12 nitrogen and oxygen atoms in total. The molecule has 45 heavy (non-hydrogen) atoms. The third-order valence-corrected chi connectivity index (χ3v) is 7.84. The van der Waals surface area contributed by atoms with E-state index in [-0.39, 0.29) is 23.9 Å². The number of nitriles is 1. The molecular formula is C30H29F3N10O2. The Labute approximate surface area is 255 Å². The van der Waals surface area contributed by atoms with E-state index in [1.165, 1.54) is 12.1 Å². The number of anilines is 2. The third-order valence-electron chi connectivity index (χ3n) is 7.84. The van der Waals surface area contributed by atoms with Crippen molar-refractivity contribution in [3.05, 3.63) is 72.8 Å². The maximum absolute atomic E-state index is 13.1. The molecule has 1 N–H and O–H groups in total. The quantitative estimate of drug-likeness (QED) is 0.239. The third kappa shape index (κ3) is 6.17. The summed E-state index contributed by atoms with van der Waals surface area (Å²) >= 11 is 0. The van der Waals surface area contributed by atoms with Gasteiger partial charge in [0.15, 0.2) is 5.65 Å². The smallest absolute Gasteiger partial charge is 0.406 e. The van der Waals surface area contributed by atoms with Crippen molar-refractivity contribution < 1.29 is 22.7 Å². The van der Waals surface area contributed by atoms with Crippen LogP contribution in [0, 0.1) is 11.3 Å². The first-order chi connectivity index (χ1) is 21.5. The Balaban J connectivity index is 1.18. The number of fused-ring (bicyclic) bond motifs is 1. The fourth-order valence-corrected chi connectivity index (χ4v) is 5.45. The molecule has 1 amide bonds. The van der Waals surface area contributed by atoms with E-state index in [0.29, 0.717) is 37.5 Å². The average molecular weight is 619 g/mol. The summed E-state index contributed by atoms with van der Waals surface area (Å²) in [5, 5.41) is 26.6. The summed E-state index contributed by atoms with van der Waals surface area (Å²) in [6.45, 7) is 4.77. The van der Waals surface area contributed by atoms with Crippen LogP contribution in [0.5, 0.6) is 5.75 Å². The summed E-state index contributed by atoms with van der Waals surface area (Å²) in [5.41, 5.74) is 2.55. The van der Waals surface area contributed by atoms with Gasteiger partial charge in [-0.15, -0.1) is 18.3 Å². The van der Waals surface area contributed by atoms with Crippen LogP contribution in [0.15, 0.2) is 67.3 Å². The Bertz CT molecular complexity index is 1860. The van der Waals surface area contributed by atoms with E-state index in [2.05, 4.69) is 36.4 Å². The molecule has 6 rings (SSSR count). The molecule has 15 heteroatoms. The van der Waals surface area contributed by atoms with Crippen LogP contribution in [0.4, 0.5) is 24.8 Å². The lowest BCUT2D eigenvalue weighted by Gasteiger charge is -2.40. The normalized spacial score (nSPS) is 14.9. The fourth-order valence-electron chi connectivity index (χ4n) is 5.45. The molecule has 0 radical (unpaired) electrons. The number of carbonyl (C=O) groups excluding carboxylic acids is 1. The first-order valence-electron chi connectivity index (χ1n) is 14.3. The number of benzene rings is 1. The van der Waals surface area contributed by atoms with Crippen molar-refractivity contribution in [3.63, 3.8) is 0 Å². The minimum absolute atomic E-state index is 0.186. The summed E-state index contributed by atoms with van der Waals surface area (Å²) in [4.78, 5) is 19.3. The first kappa shape index (κ1) is 29.7. The second kappa shape index (κ2) is 11.6. The molecule has 1 saturated heterocycles. The van der Waals surface area contributed by atoms with Gasteiger partial charge in [-0.25, -0.2) is 4.52 Å². The summed E-state index contributed by atoms with van der Waals surface area (Å²) in [6, 6.07) is 13.0. The molecule has 0 unspecified atom stereocenters. The van der Waals surface area contributed by atoms with Gasteiger partial charge in [0.25, 0.3) is 5.91 Å². The predicted molar refractivity (Wildman–Crippen MR) is 157 cm³/mol. The summed E-state index contributed by atoms with van der Waals surface area (Å²) in [7, 11) is 0. The molecular weight excluding hydrogens is 589 g/mol. The SMILES string of the molecule is CC(C)n1cc(Nc2nc3cccc(-c4cnn(C5(CC#N)CCN(C(=O)c6ccc(OC(F)(F)F)cc6)CC5)c4)n3n2)cn1. The van der Waals surface area contributed by atoms with Gasteiger partial charge in [-0.1, -0.05) is 6.07 Å². The summed E-state index contributed by atoms with van der Waals surface area (Å²) < 4.78 is 46.7. The number of pyridine rings is 1. The van der Waals surface area contributed by atoms with Crippen molar-refractivity contribution in [2.24, 2.45) is 0 Å². The maximum atomic E-state index is 13.1. The Kier molecular flexibility index (Phi) is 7.65. The second-order valence-electron chi connectivity index (χ2n) is 11.1. The van der Waals surface area contributed by atoms with Crippen LogP contribution in [-0.2, 0) is 5.54 Å². The molecule has 1 aliphatic rings. The van der Waals surface area contributed by atoms with Crippen LogP contribution in [-0.4, -0.2) is 64.4 Å². The van der Waals surface area contributed by atoms with Gasteiger partial charge in [0, 0.05) is 42.7 Å². The fraction of sp³-hybridized carbons (Fsp3) is 0.333. The Morgan fingerprint density at radius 1 is 1.09 bits per heavy atom. The number of hydrogen-bond donors (Lipinski definition) is 1. The zero-order valence-corrected chi connectivity index (χ0v) is 24.4. The van der Waals surface area contributed by atoms with Gasteiger partial charge in [0.1, 0.15) is 5.75 Å². The predicted octanol–water partition coefficient (Wildman–Crippen LogP) is 5.56. The molecule has 1 aromatic carbocycles. The Morgan fingerprint density at radius 3 is 2.51 bits per heavy atom. The van der Waals surface area contributed by atoms with Gasteiger partial charge in [-0.3, -0.25) is 14.2 Å². The monoisotopic (exact) mass is 618 g/mol. The number of halogens is 3. The Hall–Kier alpha value is -5.39. The number of aromatic nitrogens is 7. The van der Waals surface area contributed by atoms with Crippen molar-refractivity contribution in [1.82, 2.24) is 39.1 Å². The second-order valence-corrected chi connectivity index (χ2v) is 11.1. The van der Waals surface area contributed by atoms with Gasteiger partial charge < -0.3 is 15.0 Å². The van der Waals surface area contributed by atoms with Crippen LogP contribution in [0.3, 0.4) is 0 Å². The van der Waals surface area contributed by atoms with E-state index >= 15 is 0 Å². The molecule has 0 saturated carbocycles. The molecule has 1 fully saturated rings. The molecule has 232 valence electrons. The minimum atomic E-state index is -4.81. The molecule has 0 bridgehead atoms. The largest absolute Gasteiger partial charge is 0.573 e. The zero-order chi connectivity index (χ0) is 31.8. The molecule has 0 atom stereocenters. The van der Waals surface area contributed by atoms with E-state index in [1.54, 1.807) is 26.5 Å². The highest BCUT2D eigenvalue weighted by molar-refractivity contribution is 5.94. The van der Waals surface area contributed by atoms with Crippen LogP contribution in [0.2, 0.25) is 0 Å². The first-order valence-corrected chi connectivity index (χ1v) is 14.3. The molecule has 5 heterocycles. The number of likely N-dealkylation sites (tertiary alicyclic amines) is 1. The van der Waals surface area contributed by atoms with Crippen LogP contribution < -0.4 is 10.1 Å². The highest BCUT2D eigenvalue weighted by Crippen LogP contribution is 2.35. The highest BCUT2D eigenvalue weighted by Gasteiger charge is 2.39. The van der Waals surface area contributed by atoms with E-state index in [9.17, 15) is 23.2 Å². The number of piperidine rings is 1. The van der Waals surface area contributed by atoms with E-state index in [0.717, 1.165) is 29.1 Å². The van der Waals surface area contributed by atoms with Crippen molar-refractivity contribution in [2.75, 3.05) is 18.4 Å². The van der Waals surface area contributed by atoms with Crippen LogP contribution in [0.25, 0.3) is 16.9 Å². The maximum Gasteiger partial charge on any atom is 0.573 e. The number of rotatable bonds is 8. The standard InChI is InChI=1S/C30H29F3N10O2/c1-20(2)41-19-23(17-35-41)37-28-38-26-5-3-4-25(43(26)39-28)22-16-36-42(18-22)29(10-13-34)11-14-40(15-12-29)27(44)21-6-8-24(9-7-21)45-30(31,32)33/h3-9,16-20H,10-12,14-15H2,1-2H3,(H,37,39). The molecule has 5 aromatic rings. The Morgan fingerprint density at radius 2 is 1.84 bits per heavy atom. The number of carbonyl (C=O) groups is 1. The van der Waals surface area contributed by atoms with Crippen molar-refractivity contribution >= 4 is 23.2 Å². The van der Waals surface area contributed by atoms with Crippen molar-refractivity contribution in [3.8, 4) is 23.1 Å². The number of hydrogen-bond acceptors (Lipinski definition) is 8. The summed E-state index contributed by atoms with van der Waals surface area (Å²) in [5.74, 6) is -0.286.